The summed E-state index contributed by atoms with van der Waals surface area (Å²) in [5, 5.41) is 7.64. The Kier molecular flexibility index (Phi) is 5.81. The Labute approximate surface area is 217 Å². The summed E-state index contributed by atoms with van der Waals surface area (Å²) < 4.78 is 6.63. The highest BCUT2D eigenvalue weighted by atomic mass is 32.2. The number of rotatable bonds is 4. The monoisotopic (exact) mass is 490 g/mol. The molecule has 4 aromatic rings. The number of hydrogen-bond donors (Lipinski definition) is 2. The molecule has 2 atom stereocenters. The van der Waals surface area contributed by atoms with E-state index >= 15 is 0 Å². The van der Waals surface area contributed by atoms with Gasteiger partial charge in [-0.05, 0) is 84.3 Å². The Bertz CT molecular complexity index is 1300. The van der Waals surface area contributed by atoms with Crippen LogP contribution in [0.15, 0.2) is 94.7 Å². The maximum Gasteiger partial charge on any atom is 0.141 e. The van der Waals surface area contributed by atoms with Gasteiger partial charge in [-0.3, -0.25) is 0 Å². The van der Waals surface area contributed by atoms with Gasteiger partial charge in [-0.2, -0.15) is 0 Å². The zero-order valence-electron chi connectivity index (χ0n) is 20.3. The summed E-state index contributed by atoms with van der Waals surface area (Å²) in [7, 11) is 0. The van der Waals surface area contributed by atoms with Crippen LogP contribution in [0.1, 0.15) is 45.5 Å². The second-order valence-electron chi connectivity index (χ2n) is 10.0. The first-order valence-electron chi connectivity index (χ1n) is 13.1. The summed E-state index contributed by atoms with van der Waals surface area (Å²) in [4.78, 5) is 2.59. The highest BCUT2D eigenvalue weighted by Crippen LogP contribution is 2.54. The molecule has 36 heavy (non-hydrogen) atoms. The molecule has 0 bridgehead atoms. The van der Waals surface area contributed by atoms with Crippen LogP contribution in [-0.2, 0) is 25.7 Å². The lowest BCUT2D eigenvalue weighted by Gasteiger charge is -2.35. The quantitative estimate of drug-likeness (QED) is 0.290. The van der Waals surface area contributed by atoms with E-state index < -0.39 is 0 Å². The van der Waals surface area contributed by atoms with Crippen molar-refractivity contribution < 1.29 is 4.74 Å². The van der Waals surface area contributed by atoms with Gasteiger partial charge in [0, 0.05) is 12.1 Å². The van der Waals surface area contributed by atoms with Gasteiger partial charge in [-0.1, -0.05) is 84.6 Å². The number of ether oxygens (including phenoxy) is 1. The predicted molar refractivity (Wildman–Crippen MR) is 146 cm³/mol. The number of fused-ring (bicyclic) bond motifs is 6. The lowest BCUT2D eigenvalue weighted by Crippen LogP contribution is -2.33. The van der Waals surface area contributed by atoms with Gasteiger partial charge in [-0.15, -0.1) is 0 Å². The zero-order chi connectivity index (χ0) is 23.9. The van der Waals surface area contributed by atoms with E-state index in [-0.39, 0.29) is 0 Å². The molecule has 2 N–H and O–H groups in total. The van der Waals surface area contributed by atoms with Crippen LogP contribution in [-0.4, -0.2) is 13.1 Å². The molecule has 180 valence electrons. The highest BCUT2D eigenvalue weighted by molar-refractivity contribution is 7.99. The summed E-state index contributed by atoms with van der Waals surface area (Å²) >= 11 is 1.94. The molecule has 0 saturated carbocycles. The number of nitrogens with one attached hydrogen (secondary N) is 2. The van der Waals surface area contributed by atoms with E-state index in [0.29, 0.717) is 12.1 Å². The number of hydrogen-bond acceptors (Lipinski definition) is 4. The van der Waals surface area contributed by atoms with Crippen molar-refractivity contribution in [2.75, 3.05) is 13.1 Å². The van der Waals surface area contributed by atoms with E-state index in [4.69, 9.17) is 4.74 Å². The van der Waals surface area contributed by atoms with Crippen LogP contribution in [0, 0.1) is 0 Å². The van der Waals surface area contributed by atoms with Crippen LogP contribution >= 0.6 is 11.8 Å². The summed E-state index contributed by atoms with van der Waals surface area (Å²) in [6.07, 6.45) is 4.10. The van der Waals surface area contributed by atoms with E-state index in [1.165, 1.54) is 43.2 Å². The molecule has 7 rings (SSSR count). The molecule has 4 heteroatoms. The Hall–Kier alpha value is -3.05. The minimum absolute atomic E-state index is 0.293. The van der Waals surface area contributed by atoms with Crippen molar-refractivity contribution in [3.05, 3.63) is 118 Å². The van der Waals surface area contributed by atoms with Gasteiger partial charge in [0.15, 0.2) is 0 Å². The van der Waals surface area contributed by atoms with Crippen molar-refractivity contribution in [2.24, 2.45) is 0 Å². The Morgan fingerprint density at radius 2 is 1.08 bits per heavy atom. The summed E-state index contributed by atoms with van der Waals surface area (Å²) in [5.74, 6) is 1.99. The first-order valence-corrected chi connectivity index (χ1v) is 13.9. The van der Waals surface area contributed by atoms with E-state index in [2.05, 4.69) is 95.6 Å². The summed E-state index contributed by atoms with van der Waals surface area (Å²) in [6, 6.07) is 31.2. The normalized spacial score (nSPS) is 19.9. The molecule has 0 aliphatic carbocycles. The second kappa shape index (κ2) is 9.44. The lowest BCUT2D eigenvalue weighted by molar-refractivity contribution is 0.429. The maximum atomic E-state index is 6.63. The van der Waals surface area contributed by atoms with Crippen LogP contribution in [0.5, 0.6) is 11.5 Å². The molecule has 0 aromatic heterocycles. The lowest BCUT2D eigenvalue weighted by atomic mass is 9.89. The largest absolute Gasteiger partial charge is 0.455 e. The van der Waals surface area contributed by atoms with E-state index in [9.17, 15) is 0 Å². The SMILES string of the molecule is c1ccc(CC2NCCc3ccc4c(c32)Sc2c(ccc3c2C(Cc2ccccc2)NCC3)O4)cc1. The molecule has 3 nitrogen and oxygen atoms in total. The molecule has 0 spiro atoms. The van der Waals surface area contributed by atoms with Gasteiger partial charge in [0.05, 0.1) is 9.79 Å². The molecule has 0 amide bonds. The topological polar surface area (TPSA) is 33.3 Å². The Morgan fingerprint density at radius 1 is 0.611 bits per heavy atom. The first kappa shape index (κ1) is 22.2. The van der Waals surface area contributed by atoms with Gasteiger partial charge in [0.25, 0.3) is 0 Å². The minimum atomic E-state index is 0.293. The van der Waals surface area contributed by atoms with Crippen LogP contribution in [0.25, 0.3) is 0 Å². The molecule has 3 aliphatic rings. The van der Waals surface area contributed by atoms with Crippen molar-refractivity contribution in [3.8, 4) is 11.5 Å². The third kappa shape index (κ3) is 4.03. The van der Waals surface area contributed by atoms with E-state index in [1.54, 1.807) is 0 Å². The standard InChI is InChI=1S/C32H30N2OS/c1-3-7-21(8-4-1)19-25-29-23(15-17-33-25)11-13-27-31(29)36-32-28(35-27)14-12-24-16-18-34-26(30(24)32)20-22-9-5-2-6-10-22/h1-14,25-26,33-34H,15-20H2. The van der Waals surface area contributed by atoms with Crippen LogP contribution < -0.4 is 15.4 Å². The van der Waals surface area contributed by atoms with Crippen molar-refractivity contribution in [1.29, 1.82) is 0 Å². The molecule has 3 aliphatic heterocycles. The fourth-order valence-corrected chi connectivity index (χ4v) is 7.44. The van der Waals surface area contributed by atoms with Crippen molar-refractivity contribution in [3.63, 3.8) is 0 Å². The third-order valence-corrected chi connectivity index (χ3v) is 9.01. The Morgan fingerprint density at radius 3 is 1.56 bits per heavy atom. The predicted octanol–water partition coefficient (Wildman–Crippen LogP) is 6.80. The molecule has 3 heterocycles. The highest BCUT2D eigenvalue weighted by Gasteiger charge is 2.33. The molecule has 4 aromatic carbocycles. The van der Waals surface area contributed by atoms with Gasteiger partial charge in [0.2, 0.25) is 0 Å². The molecular weight excluding hydrogens is 460 g/mol. The van der Waals surface area contributed by atoms with Crippen LogP contribution in [0.4, 0.5) is 0 Å². The van der Waals surface area contributed by atoms with E-state index in [0.717, 1.165) is 50.3 Å². The van der Waals surface area contributed by atoms with Crippen LogP contribution in [0.3, 0.4) is 0 Å². The van der Waals surface area contributed by atoms with Gasteiger partial charge in [-0.25, -0.2) is 0 Å². The van der Waals surface area contributed by atoms with Crippen molar-refractivity contribution in [1.82, 2.24) is 10.6 Å². The summed E-state index contributed by atoms with van der Waals surface area (Å²) in [6.45, 7) is 2.04. The minimum Gasteiger partial charge on any atom is -0.455 e. The van der Waals surface area contributed by atoms with Crippen molar-refractivity contribution >= 4 is 11.8 Å². The second-order valence-corrected chi connectivity index (χ2v) is 11.0. The average Bonchev–Trinajstić information content (AvgIpc) is 2.93. The summed E-state index contributed by atoms with van der Waals surface area (Å²) in [5.41, 5.74) is 8.51. The fraction of sp³-hybridized carbons (Fsp3) is 0.250. The molecule has 0 radical (unpaired) electrons. The molecule has 2 unspecified atom stereocenters. The Balaban J connectivity index is 1.29. The van der Waals surface area contributed by atoms with E-state index in [1.807, 2.05) is 11.8 Å². The molecule has 0 saturated heterocycles. The first-order chi connectivity index (χ1) is 17.8. The molecular formula is C32H30N2OS. The molecule has 0 fully saturated rings. The smallest absolute Gasteiger partial charge is 0.141 e. The average molecular weight is 491 g/mol. The van der Waals surface area contributed by atoms with Crippen LogP contribution in [0.2, 0.25) is 0 Å². The van der Waals surface area contributed by atoms with Gasteiger partial charge < -0.3 is 15.4 Å². The number of benzene rings is 4. The van der Waals surface area contributed by atoms with Gasteiger partial charge in [0.1, 0.15) is 11.5 Å². The van der Waals surface area contributed by atoms with Crippen molar-refractivity contribution in [2.45, 2.75) is 47.6 Å². The maximum absolute atomic E-state index is 6.63. The third-order valence-electron chi connectivity index (χ3n) is 7.76. The zero-order valence-corrected chi connectivity index (χ0v) is 21.1. The fourth-order valence-electron chi connectivity index (χ4n) is 6.05. The van der Waals surface area contributed by atoms with Gasteiger partial charge >= 0.3 is 0 Å².